The lowest BCUT2D eigenvalue weighted by Gasteiger charge is -2.28. The molecule has 0 saturated carbocycles. The van der Waals surface area contributed by atoms with Gasteiger partial charge in [0.2, 0.25) is 0 Å². The van der Waals surface area contributed by atoms with Crippen LogP contribution in [0.1, 0.15) is 79.0 Å². The summed E-state index contributed by atoms with van der Waals surface area (Å²) in [5, 5.41) is 14.9. The number of imidazole rings is 1. The maximum absolute atomic E-state index is 12.8. The molecule has 0 atom stereocenters. The van der Waals surface area contributed by atoms with Gasteiger partial charge in [0.1, 0.15) is 11.6 Å². The van der Waals surface area contributed by atoms with Crippen molar-refractivity contribution in [1.82, 2.24) is 14.5 Å². The van der Waals surface area contributed by atoms with Crippen LogP contribution in [0.15, 0.2) is 188 Å². The van der Waals surface area contributed by atoms with E-state index in [1.807, 2.05) is 12.3 Å². The van der Waals surface area contributed by atoms with E-state index in [0.29, 0.717) is 11.4 Å². The molecule has 10 rings (SSSR count). The summed E-state index contributed by atoms with van der Waals surface area (Å²) in [6, 6.07) is 65.1. The van der Waals surface area contributed by atoms with E-state index in [9.17, 15) is 5.11 Å². The Bertz CT molecular complexity index is 3490. The zero-order valence-corrected chi connectivity index (χ0v) is 40.7. The smallest absolute Gasteiger partial charge is 0.149 e. The van der Waals surface area contributed by atoms with E-state index < -0.39 is 0 Å². The van der Waals surface area contributed by atoms with Gasteiger partial charge in [-0.3, -0.25) is 9.55 Å². The zero-order chi connectivity index (χ0) is 47.5. The molecule has 0 aliphatic carbocycles. The Kier molecular flexibility index (Phi) is 11.0. The number of hydrogen-bond acceptors (Lipinski definition) is 3. The van der Waals surface area contributed by atoms with Crippen LogP contribution in [0.3, 0.4) is 0 Å². The Balaban J connectivity index is 1.36. The van der Waals surface area contributed by atoms with Crippen molar-refractivity contribution in [3.63, 3.8) is 0 Å². The van der Waals surface area contributed by atoms with Gasteiger partial charge in [-0.15, -0.1) is 0 Å². The van der Waals surface area contributed by atoms with Crippen LogP contribution in [0.4, 0.5) is 0 Å². The minimum Gasteiger partial charge on any atom is -0.507 e. The summed E-state index contributed by atoms with van der Waals surface area (Å²) in [4.78, 5) is 10.8. The summed E-state index contributed by atoms with van der Waals surface area (Å²) >= 11 is 0. The molecule has 0 bridgehead atoms. The molecule has 0 aliphatic rings. The fourth-order valence-corrected chi connectivity index (χ4v) is 9.54. The Morgan fingerprint density at radius 1 is 0.426 bits per heavy atom. The summed E-state index contributed by atoms with van der Waals surface area (Å²) < 4.78 is 2.34. The van der Waals surface area contributed by atoms with Gasteiger partial charge in [0.25, 0.3) is 0 Å². The van der Waals surface area contributed by atoms with E-state index in [1.54, 1.807) is 0 Å². The van der Waals surface area contributed by atoms with Crippen LogP contribution in [-0.4, -0.2) is 19.6 Å². The van der Waals surface area contributed by atoms with E-state index in [0.717, 1.165) is 94.4 Å². The molecule has 2 aromatic heterocycles. The van der Waals surface area contributed by atoms with Gasteiger partial charge in [-0.1, -0.05) is 190 Å². The highest BCUT2D eigenvalue weighted by atomic mass is 16.3. The Hall–Kier alpha value is -7.56. The number of aromatic hydroxyl groups is 1. The molecule has 0 fully saturated rings. The molecule has 0 radical (unpaired) electrons. The zero-order valence-electron chi connectivity index (χ0n) is 40.7. The maximum Gasteiger partial charge on any atom is 0.149 e. The van der Waals surface area contributed by atoms with Gasteiger partial charge in [0, 0.05) is 33.8 Å². The molecular weight excluding hydrogens is 827 g/mol. The number of phenols is 1. The third-order valence-electron chi connectivity index (χ3n) is 13.4. The normalized spacial score (nSPS) is 12.2. The van der Waals surface area contributed by atoms with Crippen LogP contribution in [0, 0.1) is 0 Å². The van der Waals surface area contributed by atoms with Gasteiger partial charge in [0.05, 0.1) is 28.0 Å². The standard InChI is InChI=1S/C64H59N3O/c1-62(2,3)49-29-30-57(52(38-49)43-25-17-12-18-26-43)67-59-51-28-20-19-27-45(51)36-53(58(59)66-61(67)54-39-50(63(4,5)6)40-55(60(54)68)64(7,8)9)47-33-46(42-23-15-11-16-24-42)34-48(35-47)56-37-44(31-32-65-56)41-21-13-10-14-22-41/h10-40,68H,1-9H3. The lowest BCUT2D eigenvalue weighted by molar-refractivity contribution is 0.446. The number of pyridine rings is 1. The third-order valence-corrected chi connectivity index (χ3v) is 13.4. The van der Waals surface area contributed by atoms with E-state index in [1.165, 1.54) is 5.56 Å². The molecule has 0 aliphatic heterocycles. The minimum atomic E-state index is -0.349. The first kappa shape index (κ1) is 44.3. The predicted molar refractivity (Wildman–Crippen MR) is 287 cm³/mol. The van der Waals surface area contributed by atoms with Gasteiger partial charge in [0.15, 0.2) is 0 Å². The number of hydrogen-bond donors (Lipinski definition) is 1. The number of benzene rings is 8. The third kappa shape index (κ3) is 8.30. The highest BCUT2D eigenvalue weighted by molar-refractivity contribution is 6.13. The largest absolute Gasteiger partial charge is 0.507 e. The van der Waals surface area contributed by atoms with Crippen molar-refractivity contribution in [3.8, 4) is 78.6 Å². The van der Waals surface area contributed by atoms with Gasteiger partial charge in [-0.2, -0.15) is 0 Å². The van der Waals surface area contributed by atoms with Crippen LogP contribution in [0.2, 0.25) is 0 Å². The summed E-state index contributed by atoms with van der Waals surface area (Å²) in [7, 11) is 0. The minimum absolute atomic E-state index is 0.0976. The molecule has 8 aromatic carbocycles. The van der Waals surface area contributed by atoms with Crippen molar-refractivity contribution in [3.05, 3.63) is 205 Å². The van der Waals surface area contributed by atoms with Crippen LogP contribution in [0.5, 0.6) is 5.75 Å². The van der Waals surface area contributed by atoms with Crippen molar-refractivity contribution in [2.75, 3.05) is 0 Å². The highest BCUT2D eigenvalue weighted by Gasteiger charge is 2.30. The first-order chi connectivity index (χ1) is 32.5. The monoisotopic (exact) mass is 885 g/mol. The molecule has 1 N–H and O–H groups in total. The molecule has 4 nitrogen and oxygen atoms in total. The molecule has 2 heterocycles. The maximum atomic E-state index is 12.8. The summed E-state index contributed by atoms with van der Waals surface area (Å²) in [6.07, 6.45) is 1.91. The lowest BCUT2D eigenvalue weighted by Crippen LogP contribution is -2.17. The Morgan fingerprint density at radius 3 is 1.65 bits per heavy atom. The number of aromatic nitrogens is 3. The second-order valence-electron chi connectivity index (χ2n) is 21.3. The number of phenolic OH excluding ortho intramolecular Hbond substituents is 1. The lowest BCUT2D eigenvalue weighted by atomic mass is 9.79. The number of fused-ring (bicyclic) bond motifs is 3. The van der Waals surface area contributed by atoms with Gasteiger partial charge in [-0.05, 0) is 121 Å². The predicted octanol–water partition coefficient (Wildman–Crippen LogP) is 17.2. The average Bonchev–Trinajstić information content (AvgIpc) is 3.74. The van der Waals surface area contributed by atoms with Crippen LogP contribution in [-0.2, 0) is 16.2 Å². The fraction of sp³-hybridized carbons (Fsp3) is 0.188. The molecule has 10 aromatic rings. The topological polar surface area (TPSA) is 50.9 Å². The molecule has 68 heavy (non-hydrogen) atoms. The SMILES string of the molecule is CC(C)(C)c1ccc(-n2c(-c3cc(C(C)(C)C)cc(C(C)(C)C)c3O)nc3c(-c4cc(-c5ccccc5)cc(-c5cc(-c6ccccc6)ccn5)c4)cc4ccccc4c32)c(-c2ccccc2)c1. The number of rotatable bonds is 7. The second kappa shape index (κ2) is 16.9. The van der Waals surface area contributed by atoms with Crippen molar-refractivity contribution in [2.45, 2.75) is 78.6 Å². The van der Waals surface area contributed by atoms with Gasteiger partial charge < -0.3 is 5.11 Å². The summed E-state index contributed by atoms with van der Waals surface area (Å²) in [5.41, 5.74) is 16.7. The number of nitrogens with zero attached hydrogens (tertiary/aromatic N) is 3. The Labute approximate surface area is 401 Å². The molecule has 336 valence electrons. The second-order valence-corrected chi connectivity index (χ2v) is 21.3. The molecule has 4 heteroatoms. The Morgan fingerprint density at radius 2 is 1.00 bits per heavy atom. The van der Waals surface area contributed by atoms with Crippen molar-refractivity contribution >= 4 is 21.8 Å². The molecule has 0 saturated heterocycles. The van der Waals surface area contributed by atoms with E-state index in [2.05, 4.69) is 243 Å². The fourth-order valence-electron chi connectivity index (χ4n) is 9.54. The van der Waals surface area contributed by atoms with Crippen LogP contribution < -0.4 is 0 Å². The molecule has 0 amide bonds. The summed E-state index contributed by atoms with van der Waals surface area (Å²) in [6.45, 7) is 20.0. The molecule has 0 unspecified atom stereocenters. The van der Waals surface area contributed by atoms with Crippen molar-refractivity contribution in [2.24, 2.45) is 0 Å². The van der Waals surface area contributed by atoms with Crippen LogP contribution >= 0.6 is 0 Å². The molecular formula is C64H59N3O. The van der Waals surface area contributed by atoms with Crippen molar-refractivity contribution in [1.29, 1.82) is 0 Å². The van der Waals surface area contributed by atoms with E-state index >= 15 is 0 Å². The van der Waals surface area contributed by atoms with Crippen molar-refractivity contribution < 1.29 is 5.11 Å². The van der Waals surface area contributed by atoms with Gasteiger partial charge in [-0.25, -0.2) is 4.98 Å². The van der Waals surface area contributed by atoms with Crippen LogP contribution in [0.25, 0.3) is 94.6 Å². The molecule has 0 spiro atoms. The summed E-state index contributed by atoms with van der Waals surface area (Å²) in [5.74, 6) is 0.933. The van der Waals surface area contributed by atoms with E-state index in [4.69, 9.17) is 9.97 Å². The quantitative estimate of drug-likeness (QED) is 0.173. The highest BCUT2D eigenvalue weighted by Crippen LogP contribution is 2.48. The average molecular weight is 886 g/mol. The van der Waals surface area contributed by atoms with Gasteiger partial charge >= 0.3 is 0 Å². The van der Waals surface area contributed by atoms with E-state index in [-0.39, 0.29) is 22.0 Å². The first-order valence-electron chi connectivity index (χ1n) is 23.8. The first-order valence-corrected chi connectivity index (χ1v) is 23.8.